The zero-order valence-electron chi connectivity index (χ0n) is 30.9. The number of fused-ring (bicyclic) bond motifs is 4. The molecule has 0 unspecified atom stereocenters. The Morgan fingerprint density at radius 1 is 1.02 bits per heavy atom. The maximum Gasteiger partial charge on any atom is 0.258 e. The number of aromatic amines is 1. The third kappa shape index (κ3) is 7.78. The number of benzene rings is 3. The Hall–Kier alpha value is -5.03. The second-order valence-corrected chi connectivity index (χ2v) is 15.5. The minimum Gasteiger partial charge on any atom is -0.388 e. The minimum absolute atomic E-state index is 0.0289. The predicted octanol–water partition coefficient (Wildman–Crippen LogP) is 9.78. The molecule has 3 aliphatic rings. The number of para-hydroxylation sites is 2. The van der Waals surface area contributed by atoms with E-state index in [2.05, 4.69) is 40.1 Å². The van der Waals surface area contributed by atoms with Gasteiger partial charge >= 0.3 is 0 Å². The summed E-state index contributed by atoms with van der Waals surface area (Å²) >= 11 is 8.10. The summed E-state index contributed by atoms with van der Waals surface area (Å²) in [5.74, 6) is 1.67. The van der Waals surface area contributed by atoms with Gasteiger partial charge in [-0.25, -0.2) is 9.97 Å². The van der Waals surface area contributed by atoms with Crippen LogP contribution in [0.3, 0.4) is 0 Å². The monoisotopic (exact) mass is 760 g/mol. The van der Waals surface area contributed by atoms with Crippen molar-refractivity contribution in [2.75, 3.05) is 55.0 Å². The lowest BCUT2D eigenvalue weighted by Crippen LogP contribution is -2.59. The number of aldehydes is 1. The number of thiophene rings is 1. The Kier molecular flexibility index (Phi) is 11.4. The van der Waals surface area contributed by atoms with Crippen LogP contribution in [0.1, 0.15) is 59.4 Å². The molecule has 2 saturated heterocycles. The van der Waals surface area contributed by atoms with Gasteiger partial charge < -0.3 is 24.8 Å². The smallest absolute Gasteiger partial charge is 0.258 e. The summed E-state index contributed by atoms with van der Waals surface area (Å²) in [7, 11) is 1.86. The van der Waals surface area contributed by atoms with E-state index in [0.29, 0.717) is 28.1 Å². The molecular formula is C43H45ClN6O3S. The highest BCUT2D eigenvalue weighted by molar-refractivity contribution is 7.19. The first-order valence-electron chi connectivity index (χ1n) is 18.6. The molecule has 6 aromatic rings. The lowest BCUT2D eigenvalue weighted by molar-refractivity contribution is -0.000496. The maximum absolute atomic E-state index is 13.5. The van der Waals surface area contributed by atoms with Crippen LogP contribution in [0.2, 0.25) is 5.02 Å². The number of anilines is 3. The Morgan fingerprint density at radius 2 is 1.78 bits per heavy atom. The fourth-order valence-corrected chi connectivity index (χ4v) is 8.60. The Bertz CT molecular complexity index is 2200. The number of nitrogens with one attached hydrogen (secondary N) is 2. The van der Waals surface area contributed by atoms with E-state index in [1.54, 1.807) is 23.6 Å². The normalized spacial score (nSPS) is 15.4. The molecule has 9 nitrogen and oxygen atoms in total. The van der Waals surface area contributed by atoms with Crippen molar-refractivity contribution in [3.63, 3.8) is 0 Å². The quantitative estimate of drug-likeness (QED) is 0.169. The van der Waals surface area contributed by atoms with Gasteiger partial charge in [-0.05, 0) is 97.6 Å². The molecular weight excluding hydrogens is 716 g/mol. The Balaban J connectivity index is 0.000000188. The fraction of sp³-hybridized carbons (Fsp3) is 0.302. The summed E-state index contributed by atoms with van der Waals surface area (Å²) < 4.78 is 5.40. The number of rotatable bonds is 5. The van der Waals surface area contributed by atoms with Crippen molar-refractivity contribution in [3.8, 4) is 21.1 Å². The number of aromatic nitrogens is 3. The predicted molar refractivity (Wildman–Crippen MR) is 222 cm³/mol. The molecule has 0 aliphatic carbocycles. The topological polar surface area (TPSA) is 103 Å². The molecule has 2 N–H and O–H groups in total. The van der Waals surface area contributed by atoms with Crippen LogP contribution in [0.15, 0.2) is 91.1 Å². The van der Waals surface area contributed by atoms with Crippen molar-refractivity contribution in [3.05, 3.63) is 113 Å². The zero-order valence-corrected chi connectivity index (χ0v) is 32.5. The van der Waals surface area contributed by atoms with Gasteiger partial charge in [-0.3, -0.25) is 9.59 Å². The summed E-state index contributed by atoms with van der Waals surface area (Å²) in [6, 6.07) is 27.2. The van der Waals surface area contributed by atoms with Gasteiger partial charge in [0, 0.05) is 78.2 Å². The van der Waals surface area contributed by atoms with E-state index in [-0.39, 0.29) is 5.91 Å². The number of carbonyl (C=O) groups excluding carboxylic acids is 2. The van der Waals surface area contributed by atoms with Crippen molar-refractivity contribution < 1.29 is 14.3 Å². The number of H-pyrrole nitrogens is 1. The van der Waals surface area contributed by atoms with Crippen LogP contribution in [0, 0.1) is 5.41 Å². The molecule has 1 spiro atoms. The Labute approximate surface area is 325 Å². The van der Waals surface area contributed by atoms with Crippen molar-refractivity contribution in [2.45, 2.75) is 39.5 Å². The van der Waals surface area contributed by atoms with Crippen molar-refractivity contribution in [2.24, 2.45) is 5.41 Å². The van der Waals surface area contributed by atoms with Gasteiger partial charge in [-0.15, -0.1) is 11.3 Å². The van der Waals surface area contributed by atoms with Crippen molar-refractivity contribution in [1.82, 2.24) is 15.0 Å². The first kappa shape index (κ1) is 37.3. The summed E-state index contributed by atoms with van der Waals surface area (Å²) in [6.45, 7) is 8.58. The first-order chi connectivity index (χ1) is 26.3. The largest absolute Gasteiger partial charge is 0.388 e. The lowest BCUT2D eigenvalue weighted by atomic mass is 9.73. The molecule has 0 atom stereocenters. The van der Waals surface area contributed by atoms with E-state index < -0.39 is 0 Å². The first-order valence-corrected chi connectivity index (χ1v) is 19.7. The molecule has 3 aliphatic heterocycles. The molecule has 11 heteroatoms. The van der Waals surface area contributed by atoms with Crippen LogP contribution in [0.4, 0.5) is 17.2 Å². The van der Waals surface area contributed by atoms with E-state index in [9.17, 15) is 9.59 Å². The van der Waals surface area contributed by atoms with Crippen LogP contribution < -0.4 is 15.1 Å². The van der Waals surface area contributed by atoms with Gasteiger partial charge in [0.15, 0.2) is 6.29 Å². The lowest BCUT2D eigenvalue weighted by Gasteiger charge is -2.52. The SMILES string of the molecule is CCC.CNc1ccc(C(=O)N2CCc3cc(-c4nc5ccccc5[nH]4)sc3-c3ccc(Cl)cc32)cc1.O=Cc1cccnc1N1CC2(CCOCC2)C1. The third-order valence-electron chi connectivity index (χ3n) is 10.0. The summed E-state index contributed by atoms with van der Waals surface area (Å²) in [5.41, 5.74) is 7.77. The van der Waals surface area contributed by atoms with E-state index >= 15 is 0 Å². The molecule has 9 rings (SSSR count). The number of imidazole rings is 1. The van der Waals surface area contributed by atoms with Crippen molar-refractivity contribution >= 4 is 63.4 Å². The van der Waals surface area contributed by atoms with Gasteiger partial charge in [0.1, 0.15) is 11.6 Å². The highest BCUT2D eigenvalue weighted by Gasteiger charge is 2.44. The summed E-state index contributed by atoms with van der Waals surface area (Å²) in [4.78, 5) is 43.3. The number of nitrogens with zero attached hydrogens (tertiary/aromatic N) is 4. The molecule has 3 aromatic carbocycles. The average Bonchev–Trinajstić information content (AvgIpc) is 3.79. The number of ether oxygens (including phenoxy) is 1. The minimum atomic E-state index is -0.0289. The highest BCUT2D eigenvalue weighted by Crippen LogP contribution is 2.45. The number of carbonyl (C=O) groups is 2. The van der Waals surface area contributed by atoms with Gasteiger partial charge in [-0.1, -0.05) is 44.0 Å². The number of pyridine rings is 1. The zero-order chi connectivity index (χ0) is 37.7. The molecule has 54 heavy (non-hydrogen) atoms. The molecule has 278 valence electrons. The van der Waals surface area contributed by atoms with Crippen LogP contribution in [-0.2, 0) is 11.2 Å². The van der Waals surface area contributed by atoms with Gasteiger partial charge in [0.05, 0.1) is 27.2 Å². The summed E-state index contributed by atoms with van der Waals surface area (Å²) in [6.07, 6.45) is 6.90. The second-order valence-electron chi connectivity index (χ2n) is 14.0. The number of halogens is 1. The average molecular weight is 761 g/mol. The second kappa shape index (κ2) is 16.5. The van der Waals surface area contributed by atoms with E-state index in [0.717, 1.165) is 101 Å². The summed E-state index contributed by atoms with van der Waals surface area (Å²) in [5, 5.41) is 3.70. The molecule has 6 heterocycles. The Morgan fingerprint density at radius 3 is 2.50 bits per heavy atom. The number of hydrogen-bond donors (Lipinski definition) is 2. The third-order valence-corrected chi connectivity index (χ3v) is 11.5. The molecule has 0 bridgehead atoms. The van der Waals surface area contributed by atoms with Crippen LogP contribution in [-0.4, -0.2) is 67.0 Å². The van der Waals surface area contributed by atoms with Crippen LogP contribution in [0.25, 0.3) is 32.2 Å². The highest BCUT2D eigenvalue weighted by atomic mass is 35.5. The van der Waals surface area contributed by atoms with Gasteiger partial charge in [0.25, 0.3) is 5.91 Å². The standard InChI is InChI=1S/C27H21ClN4OS.C13H16N2O2.C3H8/c1-29-19-9-6-16(7-10-19)27(33)32-13-12-17-14-24(26-30-21-4-2-3-5-22(21)31-26)34-25(17)20-11-8-18(28)15-23(20)32;16-8-11-2-1-5-14-12(11)15-9-13(10-15)3-6-17-7-4-13;1-3-2/h2-11,14-15,29H,12-13H2,1H3,(H,30,31);1-2,5,8H,3-4,6-7,9-10H2;3H2,1-2H3. The maximum atomic E-state index is 13.5. The fourth-order valence-electron chi connectivity index (χ4n) is 7.25. The van der Waals surface area contributed by atoms with Gasteiger partial charge in [0.2, 0.25) is 0 Å². The molecule has 2 fully saturated rings. The van der Waals surface area contributed by atoms with Crippen LogP contribution >= 0.6 is 22.9 Å². The molecule has 0 saturated carbocycles. The van der Waals surface area contributed by atoms with E-state index in [4.69, 9.17) is 21.3 Å². The molecule has 0 radical (unpaired) electrons. The van der Waals surface area contributed by atoms with E-state index in [1.807, 2.05) is 84.7 Å². The van der Waals surface area contributed by atoms with E-state index in [1.165, 1.54) is 12.0 Å². The molecule has 1 amide bonds. The molecule has 3 aromatic heterocycles. The van der Waals surface area contributed by atoms with Gasteiger partial charge in [-0.2, -0.15) is 0 Å². The van der Waals surface area contributed by atoms with Crippen LogP contribution in [0.5, 0.6) is 0 Å². The number of amides is 1. The number of hydrogen-bond acceptors (Lipinski definition) is 8. The van der Waals surface area contributed by atoms with Crippen molar-refractivity contribution in [1.29, 1.82) is 0 Å².